The zero-order chi connectivity index (χ0) is 23.1. The van der Waals surface area contributed by atoms with Gasteiger partial charge in [0.25, 0.3) is 0 Å². The van der Waals surface area contributed by atoms with Gasteiger partial charge in [0.05, 0.1) is 25.2 Å². The van der Waals surface area contributed by atoms with Crippen LogP contribution in [0.1, 0.15) is 27.6 Å². The van der Waals surface area contributed by atoms with Crippen molar-refractivity contribution in [2.24, 2.45) is 0 Å². The summed E-state index contributed by atoms with van der Waals surface area (Å²) in [7, 11) is 4.00. The standard InChI is InChI=1S/C14H14O6.C7H13NO2/c1-9(2)13(17)19-7-8-20-14(18)11-6-4-3-5-10(11)12(15)16;1-4-7(9)10-6-5-8(2)3/h3-6H,1,7-8H2,2H3,(H,15,16);4H,1,5-6H2,2-3H3/p+1. The van der Waals surface area contributed by atoms with E-state index in [2.05, 4.69) is 13.2 Å². The molecule has 2 N–H and O–H groups in total. The molecule has 164 valence electrons. The smallest absolute Gasteiger partial charge is 0.339 e. The molecule has 0 amide bonds. The molecule has 1 aromatic rings. The molecule has 1 aromatic carbocycles. The third-order valence-electron chi connectivity index (χ3n) is 3.29. The maximum Gasteiger partial charge on any atom is 0.339 e. The van der Waals surface area contributed by atoms with Gasteiger partial charge in [-0.1, -0.05) is 25.3 Å². The van der Waals surface area contributed by atoms with Crippen molar-refractivity contribution in [3.05, 3.63) is 60.2 Å². The van der Waals surface area contributed by atoms with Crippen LogP contribution in [0, 0.1) is 0 Å². The van der Waals surface area contributed by atoms with Crippen LogP contribution in [0.3, 0.4) is 0 Å². The monoisotopic (exact) mass is 422 g/mol. The summed E-state index contributed by atoms with van der Waals surface area (Å²) >= 11 is 0. The molecule has 0 atom stereocenters. The number of nitrogens with one attached hydrogen (secondary N) is 1. The number of quaternary nitrogens is 1. The molecule has 0 fully saturated rings. The van der Waals surface area contributed by atoms with Gasteiger partial charge in [0.2, 0.25) is 0 Å². The molecule has 0 bridgehead atoms. The second kappa shape index (κ2) is 14.5. The van der Waals surface area contributed by atoms with E-state index >= 15 is 0 Å². The largest absolute Gasteiger partial charge is 0.478 e. The molecule has 0 unspecified atom stereocenters. The minimum Gasteiger partial charge on any atom is -0.478 e. The van der Waals surface area contributed by atoms with Crippen molar-refractivity contribution in [3.8, 4) is 0 Å². The number of benzene rings is 1. The van der Waals surface area contributed by atoms with Crippen LogP contribution in [0.2, 0.25) is 0 Å². The van der Waals surface area contributed by atoms with Crippen LogP contribution in [0.25, 0.3) is 0 Å². The number of hydrogen-bond donors (Lipinski definition) is 2. The van der Waals surface area contributed by atoms with Crippen molar-refractivity contribution < 1.29 is 43.4 Å². The van der Waals surface area contributed by atoms with Gasteiger partial charge < -0.3 is 24.2 Å². The number of ether oxygens (including phenoxy) is 3. The van der Waals surface area contributed by atoms with E-state index in [0.717, 1.165) is 6.54 Å². The Morgan fingerprint density at radius 1 is 1.00 bits per heavy atom. The van der Waals surface area contributed by atoms with Gasteiger partial charge in [-0.2, -0.15) is 0 Å². The molecule has 0 aliphatic heterocycles. The molecule has 0 aliphatic carbocycles. The van der Waals surface area contributed by atoms with E-state index in [1.54, 1.807) is 0 Å². The Bertz CT molecular complexity index is 770. The first-order chi connectivity index (χ1) is 14.1. The number of carbonyl (C=O) groups is 4. The first-order valence-corrected chi connectivity index (χ1v) is 9.00. The van der Waals surface area contributed by atoms with Crippen molar-refractivity contribution >= 4 is 23.9 Å². The molecular formula is C21H28NO8+. The summed E-state index contributed by atoms with van der Waals surface area (Å²) in [5, 5.41) is 8.93. The van der Waals surface area contributed by atoms with Crippen molar-refractivity contribution in [2.45, 2.75) is 6.92 Å². The van der Waals surface area contributed by atoms with Gasteiger partial charge in [0.1, 0.15) is 26.4 Å². The normalized spacial score (nSPS) is 9.60. The molecule has 1 rings (SSSR count). The maximum atomic E-state index is 11.7. The topological polar surface area (TPSA) is 121 Å². The lowest BCUT2D eigenvalue weighted by molar-refractivity contribution is -0.858. The third kappa shape index (κ3) is 11.4. The Kier molecular flexibility index (Phi) is 12.9. The molecule has 0 aromatic heterocycles. The quantitative estimate of drug-likeness (QED) is 0.242. The lowest BCUT2D eigenvalue weighted by Gasteiger charge is -2.07. The summed E-state index contributed by atoms with van der Waals surface area (Å²) in [6.07, 6.45) is 1.17. The van der Waals surface area contributed by atoms with Crippen molar-refractivity contribution in [2.75, 3.05) is 40.5 Å². The van der Waals surface area contributed by atoms with Gasteiger partial charge in [-0.25, -0.2) is 19.2 Å². The molecule has 0 spiro atoms. The number of esters is 3. The summed E-state index contributed by atoms with van der Waals surface area (Å²) in [6, 6.07) is 5.70. The van der Waals surface area contributed by atoms with Crippen molar-refractivity contribution in [3.63, 3.8) is 0 Å². The van der Waals surface area contributed by atoms with Crippen LogP contribution in [0.4, 0.5) is 0 Å². The Hall–Kier alpha value is -3.46. The van der Waals surface area contributed by atoms with Gasteiger partial charge in [0, 0.05) is 11.6 Å². The van der Waals surface area contributed by atoms with E-state index in [4.69, 9.17) is 19.3 Å². The number of carboxylic acids is 1. The fourth-order valence-electron chi connectivity index (χ4n) is 1.73. The van der Waals surface area contributed by atoms with E-state index in [-0.39, 0.29) is 35.9 Å². The molecule has 0 radical (unpaired) electrons. The fourth-order valence-corrected chi connectivity index (χ4v) is 1.73. The van der Waals surface area contributed by atoms with Gasteiger partial charge in [-0.3, -0.25) is 0 Å². The molecule has 9 nitrogen and oxygen atoms in total. The highest BCUT2D eigenvalue weighted by atomic mass is 16.6. The number of aromatic carboxylic acids is 1. The second-order valence-corrected chi connectivity index (χ2v) is 6.23. The van der Waals surface area contributed by atoms with Crippen molar-refractivity contribution in [1.82, 2.24) is 0 Å². The number of hydrogen-bond acceptors (Lipinski definition) is 7. The molecule has 0 saturated heterocycles. The van der Waals surface area contributed by atoms with E-state index in [1.165, 1.54) is 42.2 Å². The van der Waals surface area contributed by atoms with E-state index in [0.29, 0.717) is 6.61 Å². The summed E-state index contributed by atoms with van der Waals surface area (Å²) in [5.41, 5.74) is 0.0511. The predicted octanol–water partition coefficient (Wildman–Crippen LogP) is 0.521. The fraction of sp³-hybridized carbons (Fsp3) is 0.333. The van der Waals surface area contributed by atoms with Gasteiger partial charge >= 0.3 is 23.9 Å². The van der Waals surface area contributed by atoms with Crippen LogP contribution >= 0.6 is 0 Å². The molecule has 0 saturated carbocycles. The van der Waals surface area contributed by atoms with Crippen LogP contribution in [-0.2, 0) is 23.8 Å². The first-order valence-electron chi connectivity index (χ1n) is 9.00. The third-order valence-corrected chi connectivity index (χ3v) is 3.29. The summed E-state index contributed by atoms with van der Waals surface area (Å²) in [5.74, 6) is -2.92. The Morgan fingerprint density at radius 2 is 1.57 bits per heavy atom. The number of rotatable bonds is 10. The Morgan fingerprint density at radius 3 is 2.07 bits per heavy atom. The zero-order valence-electron chi connectivity index (χ0n) is 17.4. The maximum absolute atomic E-state index is 11.7. The van der Waals surface area contributed by atoms with Gasteiger partial charge in [-0.15, -0.1) is 0 Å². The number of likely N-dealkylation sites (N-methyl/N-ethyl adjacent to an activating group) is 1. The highest BCUT2D eigenvalue weighted by Gasteiger charge is 2.17. The zero-order valence-corrected chi connectivity index (χ0v) is 17.4. The Labute approximate surface area is 175 Å². The van der Waals surface area contributed by atoms with E-state index in [1.807, 2.05) is 14.1 Å². The molecule has 0 aliphatic rings. The molecule has 9 heteroatoms. The van der Waals surface area contributed by atoms with Crippen LogP contribution in [0.15, 0.2) is 49.1 Å². The average molecular weight is 422 g/mol. The molecule has 0 heterocycles. The lowest BCUT2D eigenvalue weighted by atomic mass is 10.1. The van der Waals surface area contributed by atoms with Crippen LogP contribution < -0.4 is 4.90 Å². The van der Waals surface area contributed by atoms with E-state index in [9.17, 15) is 19.2 Å². The highest BCUT2D eigenvalue weighted by Crippen LogP contribution is 2.10. The van der Waals surface area contributed by atoms with Crippen LogP contribution in [-0.4, -0.2) is 69.4 Å². The summed E-state index contributed by atoms with van der Waals surface area (Å²) in [6.45, 7) is 9.19. The predicted molar refractivity (Wildman–Crippen MR) is 108 cm³/mol. The summed E-state index contributed by atoms with van der Waals surface area (Å²) < 4.78 is 14.3. The lowest BCUT2D eigenvalue weighted by Crippen LogP contribution is -3.06. The second-order valence-electron chi connectivity index (χ2n) is 6.23. The van der Waals surface area contributed by atoms with Crippen LogP contribution in [0.5, 0.6) is 0 Å². The molecule has 30 heavy (non-hydrogen) atoms. The first kappa shape index (κ1) is 26.5. The average Bonchev–Trinajstić information content (AvgIpc) is 2.70. The minimum absolute atomic E-state index is 0.0498. The number of carbonyl (C=O) groups excluding carboxylic acids is 3. The SMILES string of the molecule is C=C(C)C(=O)OCCOC(=O)c1ccccc1C(=O)O.C=CC(=O)OCC[NH+](C)C. The minimum atomic E-state index is -1.22. The van der Waals surface area contributed by atoms with E-state index < -0.39 is 17.9 Å². The molecular weight excluding hydrogens is 394 g/mol. The Balaban J connectivity index is 0.000000710. The van der Waals surface area contributed by atoms with Gasteiger partial charge in [0.15, 0.2) is 0 Å². The number of carboxylic acid groups (broad SMARTS) is 1. The van der Waals surface area contributed by atoms with Gasteiger partial charge in [-0.05, 0) is 19.1 Å². The highest BCUT2D eigenvalue weighted by molar-refractivity contribution is 6.02. The summed E-state index contributed by atoms with van der Waals surface area (Å²) in [4.78, 5) is 45.4. The van der Waals surface area contributed by atoms with Crippen molar-refractivity contribution in [1.29, 1.82) is 0 Å².